The molecule has 0 atom stereocenters. The molecule has 1 aromatic carbocycles. The molecule has 26 heavy (non-hydrogen) atoms. The summed E-state index contributed by atoms with van der Waals surface area (Å²) in [7, 11) is 0. The van der Waals surface area contributed by atoms with Gasteiger partial charge in [-0.2, -0.15) is 0 Å². The van der Waals surface area contributed by atoms with Gasteiger partial charge in [-0.15, -0.1) is 21.5 Å². The third-order valence-electron chi connectivity index (χ3n) is 3.92. The number of benzene rings is 1. The van der Waals surface area contributed by atoms with Gasteiger partial charge < -0.3 is 8.98 Å². The van der Waals surface area contributed by atoms with Gasteiger partial charge in [0.05, 0.1) is 4.88 Å². The summed E-state index contributed by atoms with van der Waals surface area (Å²) in [6, 6.07) is 11.3. The van der Waals surface area contributed by atoms with Gasteiger partial charge in [-0.3, -0.25) is 0 Å². The molecular weight excluding hydrogens is 434 g/mol. The lowest BCUT2D eigenvalue weighted by atomic mass is 10.1. The number of hydrogen-bond acceptors (Lipinski definition) is 6. The van der Waals surface area contributed by atoms with E-state index >= 15 is 0 Å². The van der Waals surface area contributed by atoms with Crippen LogP contribution in [0, 0.1) is 0 Å². The van der Waals surface area contributed by atoms with Crippen molar-refractivity contribution in [2.24, 2.45) is 0 Å². The molecule has 0 bridgehead atoms. The highest BCUT2D eigenvalue weighted by atomic mass is 79.9. The molecule has 0 aliphatic rings. The van der Waals surface area contributed by atoms with Crippen molar-refractivity contribution in [1.29, 1.82) is 0 Å². The molecule has 0 aliphatic heterocycles. The van der Waals surface area contributed by atoms with Gasteiger partial charge in [-0.05, 0) is 42.1 Å². The number of thioether (sulfide) groups is 1. The molecule has 4 aromatic rings. The molecule has 4 rings (SSSR count). The number of nitrogens with zero attached hydrogens (tertiary/aromatic N) is 3. The quantitative estimate of drug-likeness (QED) is 0.311. The summed E-state index contributed by atoms with van der Waals surface area (Å²) in [5.41, 5.74) is 1.17. The van der Waals surface area contributed by atoms with Crippen LogP contribution in [-0.4, -0.2) is 14.8 Å². The molecule has 3 aromatic heterocycles. The number of rotatable bonds is 5. The highest BCUT2D eigenvalue weighted by Crippen LogP contribution is 2.30. The first kappa shape index (κ1) is 17.5. The molecule has 0 N–H and O–H groups in total. The first-order valence-corrected chi connectivity index (χ1v) is 10.6. The molecule has 0 unspecified atom stereocenters. The van der Waals surface area contributed by atoms with Gasteiger partial charge in [0.25, 0.3) is 0 Å². The minimum atomic E-state index is -0.345. The topological polar surface area (TPSA) is 60.9 Å². The standard InChI is InChI=1S/C18H14BrN3O2S2/c1-2-22-17(15-4-3-7-25-15)20-21-18(22)26-10-11-8-16(23)24-14-9-12(19)5-6-13(11)14/h3-9H,2,10H2,1H3. The summed E-state index contributed by atoms with van der Waals surface area (Å²) >= 11 is 6.63. The zero-order chi connectivity index (χ0) is 18.1. The van der Waals surface area contributed by atoms with Crippen LogP contribution in [-0.2, 0) is 12.3 Å². The zero-order valence-corrected chi connectivity index (χ0v) is 17.0. The van der Waals surface area contributed by atoms with Gasteiger partial charge in [-0.1, -0.05) is 33.8 Å². The third-order valence-corrected chi connectivity index (χ3v) is 6.30. The largest absolute Gasteiger partial charge is 0.423 e. The van der Waals surface area contributed by atoms with E-state index in [-0.39, 0.29) is 5.63 Å². The van der Waals surface area contributed by atoms with Crippen molar-refractivity contribution in [3.05, 3.63) is 62.2 Å². The molecule has 0 spiro atoms. The predicted octanol–water partition coefficient (Wildman–Crippen LogP) is 5.19. The Morgan fingerprint density at radius 1 is 1.27 bits per heavy atom. The van der Waals surface area contributed by atoms with Crippen LogP contribution >= 0.6 is 39.0 Å². The van der Waals surface area contributed by atoms with E-state index in [0.717, 1.165) is 37.8 Å². The van der Waals surface area contributed by atoms with E-state index in [4.69, 9.17) is 4.42 Å². The van der Waals surface area contributed by atoms with Crippen molar-refractivity contribution < 1.29 is 4.42 Å². The highest BCUT2D eigenvalue weighted by molar-refractivity contribution is 9.10. The van der Waals surface area contributed by atoms with Crippen molar-refractivity contribution in [1.82, 2.24) is 14.8 Å². The van der Waals surface area contributed by atoms with Crippen LogP contribution in [0.5, 0.6) is 0 Å². The fourth-order valence-corrected chi connectivity index (χ4v) is 4.78. The van der Waals surface area contributed by atoms with Crippen LogP contribution < -0.4 is 5.63 Å². The Kier molecular flexibility index (Phi) is 4.97. The molecule has 0 aliphatic carbocycles. The van der Waals surface area contributed by atoms with Gasteiger partial charge >= 0.3 is 5.63 Å². The summed E-state index contributed by atoms with van der Waals surface area (Å²) < 4.78 is 8.28. The minimum absolute atomic E-state index is 0.345. The Hall–Kier alpha value is -1.90. The van der Waals surface area contributed by atoms with E-state index in [1.165, 1.54) is 0 Å². The molecular formula is C18H14BrN3O2S2. The van der Waals surface area contributed by atoms with Crippen molar-refractivity contribution in [3.8, 4) is 10.7 Å². The van der Waals surface area contributed by atoms with Crippen LogP contribution in [0.3, 0.4) is 0 Å². The number of thiophene rings is 1. The Morgan fingerprint density at radius 3 is 2.92 bits per heavy atom. The van der Waals surface area contributed by atoms with E-state index in [0.29, 0.717) is 11.3 Å². The number of aromatic nitrogens is 3. The molecule has 0 radical (unpaired) electrons. The second-order valence-electron chi connectivity index (χ2n) is 5.55. The Morgan fingerprint density at radius 2 is 2.15 bits per heavy atom. The van der Waals surface area contributed by atoms with E-state index in [1.54, 1.807) is 29.2 Å². The molecule has 0 amide bonds. The van der Waals surface area contributed by atoms with E-state index < -0.39 is 0 Å². The zero-order valence-electron chi connectivity index (χ0n) is 13.8. The van der Waals surface area contributed by atoms with Crippen LogP contribution in [0.4, 0.5) is 0 Å². The lowest BCUT2D eigenvalue weighted by Gasteiger charge is -2.07. The molecule has 8 heteroatoms. The van der Waals surface area contributed by atoms with E-state index in [1.807, 2.05) is 35.7 Å². The summed E-state index contributed by atoms with van der Waals surface area (Å²) in [5, 5.41) is 12.5. The number of hydrogen-bond donors (Lipinski definition) is 0. The normalized spacial score (nSPS) is 11.3. The first-order chi connectivity index (χ1) is 12.7. The fourth-order valence-electron chi connectivity index (χ4n) is 2.73. The summed E-state index contributed by atoms with van der Waals surface area (Å²) in [6.45, 7) is 2.86. The molecule has 0 saturated heterocycles. The number of fused-ring (bicyclic) bond motifs is 1. The smallest absolute Gasteiger partial charge is 0.336 e. The summed E-state index contributed by atoms with van der Waals surface area (Å²) in [5.74, 6) is 1.50. The Labute approximate surface area is 166 Å². The van der Waals surface area contributed by atoms with Crippen LogP contribution in [0.25, 0.3) is 21.7 Å². The molecule has 132 valence electrons. The molecule has 5 nitrogen and oxygen atoms in total. The van der Waals surface area contributed by atoms with Gasteiger partial charge in [0.1, 0.15) is 5.58 Å². The van der Waals surface area contributed by atoms with Crippen molar-refractivity contribution in [2.75, 3.05) is 0 Å². The monoisotopic (exact) mass is 447 g/mol. The van der Waals surface area contributed by atoms with Crippen LogP contribution in [0.15, 0.2) is 60.6 Å². The van der Waals surface area contributed by atoms with Gasteiger partial charge in [-0.25, -0.2) is 4.79 Å². The summed E-state index contributed by atoms with van der Waals surface area (Å²) in [6.07, 6.45) is 0. The van der Waals surface area contributed by atoms with Gasteiger partial charge in [0.15, 0.2) is 11.0 Å². The third kappa shape index (κ3) is 3.36. The first-order valence-electron chi connectivity index (χ1n) is 7.98. The molecule has 0 fully saturated rings. The van der Waals surface area contributed by atoms with Crippen molar-refractivity contribution in [3.63, 3.8) is 0 Å². The van der Waals surface area contributed by atoms with Gasteiger partial charge in [0.2, 0.25) is 0 Å². The summed E-state index contributed by atoms with van der Waals surface area (Å²) in [4.78, 5) is 13.0. The predicted molar refractivity (Wildman–Crippen MR) is 109 cm³/mol. The van der Waals surface area contributed by atoms with E-state index in [9.17, 15) is 4.79 Å². The second-order valence-corrected chi connectivity index (χ2v) is 8.35. The Bertz CT molecular complexity index is 1120. The maximum Gasteiger partial charge on any atom is 0.336 e. The number of halogens is 1. The average molecular weight is 448 g/mol. The molecule has 0 saturated carbocycles. The average Bonchev–Trinajstić information content (AvgIpc) is 3.28. The minimum Gasteiger partial charge on any atom is -0.423 e. The SMILES string of the molecule is CCn1c(SCc2cc(=O)oc3cc(Br)ccc23)nnc1-c1cccs1. The highest BCUT2D eigenvalue weighted by Gasteiger charge is 2.15. The maximum atomic E-state index is 11.9. The van der Waals surface area contributed by atoms with Crippen molar-refractivity contribution >= 4 is 50.0 Å². The second kappa shape index (κ2) is 7.38. The fraction of sp³-hybridized carbons (Fsp3) is 0.167. The van der Waals surface area contributed by atoms with E-state index in [2.05, 4.69) is 37.6 Å². The maximum absolute atomic E-state index is 11.9. The lowest BCUT2D eigenvalue weighted by Crippen LogP contribution is -2.01. The molecule has 3 heterocycles. The van der Waals surface area contributed by atoms with Crippen molar-refractivity contribution in [2.45, 2.75) is 24.4 Å². The Balaban J connectivity index is 1.66. The van der Waals surface area contributed by atoms with Crippen LogP contribution in [0.1, 0.15) is 12.5 Å². The van der Waals surface area contributed by atoms with Crippen LogP contribution in [0.2, 0.25) is 0 Å². The lowest BCUT2D eigenvalue weighted by molar-refractivity contribution is 0.559. The van der Waals surface area contributed by atoms with Gasteiger partial charge in [0, 0.05) is 28.2 Å².